The first-order valence-corrected chi connectivity index (χ1v) is 5.40. The van der Waals surface area contributed by atoms with Crippen LogP contribution >= 0.6 is 15.9 Å². The van der Waals surface area contributed by atoms with Gasteiger partial charge >= 0.3 is 5.56 Å². The second-order valence-corrected chi connectivity index (χ2v) is 3.96. The first-order valence-electron chi connectivity index (χ1n) is 4.61. The lowest BCUT2D eigenvalue weighted by molar-refractivity contribution is 0.645. The molecule has 0 saturated carbocycles. The van der Waals surface area contributed by atoms with Crippen LogP contribution in [-0.4, -0.2) is 14.8 Å². The van der Waals surface area contributed by atoms with Gasteiger partial charge in [0.2, 0.25) is 5.95 Å². The molecule has 0 aliphatic heterocycles. The summed E-state index contributed by atoms with van der Waals surface area (Å²) in [6, 6.07) is 9.69. The van der Waals surface area contributed by atoms with E-state index in [0.717, 1.165) is 5.56 Å². The molecular formula is C10H9BrN4O. The fourth-order valence-electron chi connectivity index (χ4n) is 1.28. The minimum atomic E-state index is -0.457. The zero-order chi connectivity index (χ0) is 11.5. The van der Waals surface area contributed by atoms with Gasteiger partial charge in [-0.05, 0) is 21.5 Å². The van der Waals surface area contributed by atoms with Crippen LogP contribution in [-0.2, 0) is 6.54 Å². The van der Waals surface area contributed by atoms with Crippen molar-refractivity contribution in [1.82, 2.24) is 14.8 Å². The Morgan fingerprint density at radius 2 is 2.00 bits per heavy atom. The molecule has 0 fully saturated rings. The molecular weight excluding hydrogens is 272 g/mol. The SMILES string of the molecule is Nc1nc(=O)c(Br)nn1Cc1ccccc1. The first kappa shape index (κ1) is 10.8. The third-order valence-corrected chi connectivity index (χ3v) is 2.54. The van der Waals surface area contributed by atoms with Crippen LogP contribution in [0.5, 0.6) is 0 Å². The van der Waals surface area contributed by atoms with E-state index in [1.54, 1.807) is 0 Å². The van der Waals surface area contributed by atoms with Gasteiger partial charge in [-0.1, -0.05) is 30.3 Å². The molecule has 0 saturated heterocycles. The highest BCUT2D eigenvalue weighted by molar-refractivity contribution is 9.10. The van der Waals surface area contributed by atoms with Crippen molar-refractivity contribution in [1.29, 1.82) is 0 Å². The Bertz CT molecular complexity index is 552. The smallest absolute Gasteiger partial charge is 0.307 e. The van der Waals surface area contributed by atoms with Crippen LogP contribution < -0.4 is 11.3 Å². The molecule has 0 aliphatic rings. The van der Waals surface area contributed by atoms with E-state index < -0.39 is 5.56 Å². The van der Waals surface area contributed by atoms with Crippen LogP contribution in [0.1, 0.15) is 5.56 Å². The molecule has 2 N–H and O–H groups in total. The molecule has 0 unspecified atom stereocenters. The molecule has 0 spiro atoms. The molecule has 1 heterocycles. The number of rotatable bonds is 2. The van der Waals surface area contributed by atoms with E-state index in [0.29, 0.717) is 6.54 Å². The van der Waals surface area contributed by atoms with Gasteiger partial charge in [-0.2, -0.15) is 10.1 Å². The first-order chi connectivity index (χ1) is 7.66. The molecule has 6 heteroatoms. The molecule has 82 valence electrons. The summed E-state index contributed by atoms with van der Waals surface area (Å²) in [6.07, 6.45) is 0. The summed E-state index contributed by atoms with van der Waals surface area (Å²) in [4.78, 5) is 14.8. The van der Waals surface area contributed by atoms with Crippen molar-refractivity contribution in [2.45, 2.75) is 6.54 Å². The van der Waals surface area contributed by atoms with Gasteiger partial charge in [0.05, 0.1) is 6.54 Å². The largest absolute Gasteiger partial charge is 0.368 e. The van der Waals surface area contributed by atoms with Crippen molar-refractivity contribution in [2.24, 2.45) is 0 Å². The van der Waals surface area contributed by atoms with Crippen molar-refractivity contribution in [2.75, 3.05) is 5.73 Å². The fraction of sp³-hybridized carbons (Fsp3) is 0.100. The molecule has 1 aromatic carbocycles. The topological polar surface area (TPSA) is 73.8 Å². The lowest BCUT2D eigenvalue weighted by atomic mass is 10.2. The predicted molar refractivity (Wildman–Crippen MR) is 63.9 cm³/mol. The highest BCUT2D eigenvalue weighted by Gasteiger charge is 2.05. The molecule has 2 aromatic rings. The van der Waals surface area contributed by atoms with E-state index in [9.17, 15) is 4.79 Å². The quantitative estimate of drug-likeness (QED) is 0.892. The van der Waals surface area contributed by atoms with Gasteiger partial charge in [-0.25, -0.2) is 4.68 Å². The van der Waals surface area contributed by atoms with Gasteiger partial charge in [-0.15, -0.1) is 0 Å². The Labute approximate surface area is 100 Å². The molecule has 0 radical (unpaired) electrons. The number of aromatic nitrogens is 3. The number of nitrogens with zero attached hydrogens (tertiary/aromatic N) is 3. The predicted octanol–water partition coefficient (Wildman–Crippen LogP) is 1.03. The highest BCUT2D eigenvalue weighted by atomic mass is 79.9. The summed E-state index contributed by atoms with van der Waals surface area (Å²) in [7, 11) is 0. The lowest BCUT2D eigenvalue weighted by Crippen LogP contribution is -2.21. The number of halogens is 1. The molecule has 5 nitrogen and oxygen atoms in total. The van der Waals surface area contributed by atoms with Gasteiger partial charge in [0.25, 0.3) is 0 Å². The van der Waals surface area contributed by atoms with E-state index in [-0.39, 0.29) is 10.6 Å². The molecule has 0 aliphatic carbocycles. The average Bonchev–Trinajstić information content (AvgIpc) is 2.27. The number of hydrogen-bond acceptors (Lipinski definition) is 4. The summed E-state index contributed by atoms with van der Waals surface area (Å²) in [6.45, 7) is 0.485. The summed E-state index contributed by atoms with van der Waals surface area (Å²) >= 11 is 3.03. The second-order valence-electron chi connectivity index (χ2n) is 3.21. The van der Waals surface area contributed by atoms with Crippen LogP contribution in [0.2, 0.25) is 0 Å². The zero-order valence-electron chi connectivity index (χ0n) is 8.30. The second kappa shape index (κ2) is 4.44. The Balaban J connectivity index is 2.36. The number of hydrogen-bond donors (Lipinski definition) is 1. The molecule has 2 rings (SSSR count). The normalized spacial score (nSPS) is 10.3. The van der Waals surface area contributed by atoms with Crippen molar-refractivity contribution >= 4 is 21.9 Å². The minimum absolute atomic E-state index is 0.108. The summed E-state index contributed by atoms with van der Waals surface area (Å²) in [5, 5.41) is 4.00. The van der Waals surface area contributed by atoms with Crippen LogP contribution in [0.15, 0.2) is 39.7 Å². The number of benzene rings is 1. The van der Waals surface area contributed by atoms with Gasteiger partial charge in [0.15, 0.2) is 4.60 Å². The molecule has 1 aromatic heterocycles. The third-order valence-electron chi connectivity index (χ3n) is 2.04. The molecule has 0 atom stereocenters. The standard InChI is InChI=1S/C10H9BrN4O/c11-8-9(16)13-10(12)15(14-8)6-7-4-2-1-3-5-7/h1-5H,6H2,(H2,12,13,16). The van der Waals surface area contributed by atoms with E-state index in [4.69, 9.17) is 5.73 Å². The van der Waals surface area contributed by atoms with Gasteiger partial charge in [-0.3, -0.25) is 4.79 Å². The van der Waals surface area contributed by atoms with Crippen molar-refractivity contribution in [3.8, 4) is 0 Å². The zero-order valence-corrected chi connectivity index (χ0v) is 9.89. The van der Waals surface area contributed by atoms with Crippen molar-refractivity contribution in [3.63, 3.8) is 0 Å². The average molecular weight is 281 g/mol. The van der Waals surface area contributed by atoms with Gasteiger partial charge in [0, 0.05) is 0 Å². The summed E-state index contributed by atoms with van der Waals surface area (Å²) in [5.41, 5.74) is 6.19. The van der Waals surface area contributed by atoms with Crippen molar-refractivity contribution < 1.29 is 0 Å². The maximum absolute atomic E-state index is 11.1. The summed E-state index contributed by atoms with van der Waals surface area (Å²) in [5.74, 6) is 0.108. The number of nitrogen functional groups attached to an aromatic ring is 1. The molecule has 16 heavy (non-hydrogen) atoms. The maximum Gasteiger partial charge on any atom is 0.307 e. The fourth-order valence-corrected chi connectivity index (χ4v) is 1.56. The Kier molecular flexibility index (Phi) is 3.00. The molecule has 0 bridgehead atoms. The van der Waals surface area contributed by atoms with Gasteiger partial charge < -0.3 is 5.73 Å². The van der Waals surface area contributed by atoms with E-state index in [2.05, 4.69) is 26.0 Å². The van der Waals surface area contributed by atoms with E-state index >= 15 is 0 Å². The lowest BCUT2D eigenvalue weighted by Gasteiger charge is -2.07. The van der Waals surface area contributed by atoms with Gasteiger partial charge in [0.1, 0.15) is 0 Å². The Hall–Kier alpha value is -1.69. The molecule has 0 amide bonds. The number of anilines is 1. The summed E-state index contributed by atoms with van der Waals surface area (Å²) < 4.78 is 1.64. The van der Waals surface area contributed by atoms with Crippen LogP contribution in [0, 0.1) is 0 Å². The maximum atomic E-state index is 11.1. The Morgan fingerprint density at radius 1 is 1.31 bits per heavy atom. The Morgan fingerprint density at radius 3 is 2.69 bits per heavy atom. The number of nitrogens with two attached hydrogens (primary N) is 1. The van der Waals surface area contributed by atoms with Crippen LogP contribution in [0.4, 0.5) is 5.95 Å². The van der Waals surface area contributed by atoms with E-state index in [1.165, 1.54) is 4.68 Å². The van der Waals surface area contributed by atoms with Crippen LogP contribution in [0.25, 0.3) is 0 Å². The van der Waals surface area contributed by atoms with Crippen molar-refractivity contribution in [3.05, 3.63) is 50.9 Å². The van der Waals surface area contributed by atoms with Crippen LogP contribution in [0.3, 0.4) is 0 Å². The third kappa shape index (κ3) is 2.27. The minimum Gasteiger partial charge on any atom is -0.368 e. The van der Waals surface area contributed by atoms with E-state index in [1.807, 2.05) is 30.3 Å². The highest BCUT2D eigenvalue weighted by Crippen LogP contribution is 2.05. The monoisotopic (exact) mass is 280 g/mol.